The normalized spacial score (nSPS) is 10.5. The highest BCUT2D eigenvalue weighted by molar-refractivity contribution is 5.91. The predicted molar refractivity (Wildman–Crippen MR) is 64.6 cm³/mol. The molecule has 16 heavy (non-hydrogen) atoms. The molecule has 3 nitrogen and oxygen atoms in total. The van der Waals surface area contributed by atoms with Crippen LogP contribution in [0.3, 0.4) is 0 Å². The fourth-order valence-electron chi connectivity index (χ4n) is 1.58. The molecule has 0 rings (SSSR count). The molecule has 0 atom stereocenters. The highest BCUT2D eigenvalue weighted by Gasteiger charge is 2.12. The Balaban J connectivity index is 0. The number of amides is 1. The number of quaternary nitrogens is 1. The average Bonchev–Trinajstić information content (AvgIpc) is 2.11. The zero-order chi connectivity index (χ0) is 11.9. The van der Waals surface area contributed by atoms with E-state index in [0.717, 1.165) is 24.0 Å². The molecule has 0 spiro atoms. The first-order valence-electron chi connectivity index (χ1n) is 5.65. The Morgan fingerprint density at radius 2 is 1.88 bits per heavy atom. The molecule has 96 valence electrons. The Labute approximate surface area is 110 Å². The maximum Gasteiger partial charge on any atom is 0.246 e. The highest BCUT2D eigenvalue weighted by Crippen LogP contribution is 2.00. The third kappa shape index (κ3) is 8.92. The van der Waals surface area contributed by atoms with Crippen molar-refractivity contribution >= 4 is 5.91 Å². The number of halogens is 1. The Bertz CT molecular complexity index is 227. The summed E-state index contributed by atoms with van der Waals surface area (Å²) in [5, 5.41) is 2.85. The summed E-state index contributed by atoms with van der Waals surface area (Å²) in [6.45, 7) is 10.6. The van der Waals surface area contributed by atoms with E-state index in [1.165, 1.54) is 13.0 Å². The molecule has 4 heteroatoms. The number of rotatable bonds is 7. The van der Waals surface area contributed by atoms with E-state index in [0.29, 0.717) is 5.57 Å². The smallest absolute Gasteiger partial charge is 0.246 e. The van der Waals surface area contributed by atoms with Crippen molar-refractivity contribution in [3.8, 4) is 0 Å². The first-order valence-corrected chi connectivity index (χ1v) is 5.65. The summed E-state index contributed by atoms with van der Waals surface area (Å²) in [5.74, 6) is -0.0317. The highest BCUT2D eigenvalue weighted by atomic mass is 79.9. The van der Waals surface area contributed by atoms with E-state index in [1.807, 2.05) is 0 Å². The molecule has 0 fully saturated rings. The summed E-state index contributed by atoms with van der Waals surface area (Å²) in [7, 11) is 4.45. The van der Waals surface area contributed by atoms with Crippen LogP contribution in [0.2, 0.25) is 0 Å². The lowest BCUT2D eigenvalue weighted by molar-refractivity contribution is -0.890. The zero-order valence-electron chi connectivity index (χ0n) is 11.0. The molecule has 0 aromatic rings. The number of nitrogens with zero attached hydrogens (tertiary/aromatic N) is 1. The minimum atomic E-state index is -0.0317. The second-order valence-corrected chi connectivity index (χ2v) is 4.77. The van der Waals surface area contributed by atoms with Gasteiger partial charge in [0.1, 0.15) is 0 Å². The predicted octanol–water partition coefficient (Wildman–Crippen LogP) is -1.44. The summed E-state index contributed by atoms with van der Waals surface area (Å²) < 4.78 is 1.03. The zero-order valence-corrected chi connectivity index (χ0v) is 12.6. The van der Waals surface area contributed by atoms with Gasteiger partial charge in [0, 0.05) is 18.5 Å². The maximum absolute atomic E-state index is 11.2. The number of hydrogen-bond acceptors (Lipinski definition) is 1. The number of hydrogen-bond donors (Lipinski definition) is 1. The van der Waals surface area contributed by atoms with Gasteiger partial charge in [-0.2, -0.15) is 0 Å². The van der Waals surface area contributed by atoms with E-state index in [9.17, 15) is 4.79 Å². The van der Waals surface area contributed by atoms with Gasteiger partial charge in [0.15, 0.2) is 0 Å². The van der Waals surface area contributed by atoms with Gasteiger partial charge >= 0.3 is 0 Å². The van der Waals surface area contributed by atoms with Crippen molar-refractivity contribution in [1.82, 2.24) is 5.32 Å². The molecule has 0 aliphatic heterocycles. The van der Waals surface area contributed by atoms with Gasteiger partial charge in [-0.05, 0) is 13.3 Å². The molecule has 0 radical (unpaired) electrons. The summed E-state index contributed by atoms with van der Waals surface area (Å²) >= 11 is 0. The van der Waals surface area contributed by atoms with Gasteiger partial charge in [0.25, 0.3) is 0 Å². The van der Waals surface area contributed by atoms with Crippen molar-refractivity contribution < 1.29 is 26.3 Å². The van der Waals surface area contributed by atoms with E-state index in [1.54, 1.807) is 6.92 Å². The lowest BCUT2D eigenvalue weighted by Gasteiger charge is -2.29. The van der Waals surface area contributed by atoms with Crippen molar-refractivity contribution in [2.75, 3.05) is 33.7 Å². The van der Waals surface area contributed by atoms with Gasteiger partial charge in [-0.1, -0.05) is 13.5 Å². The topological polar surface area (TPSA) is 29.1 Å². The largest absolute Gasteiger partial charge is 1.00 e. The molecule has 0 aromatic carbocycles. The standard InChI is InChI=1S/C12H24N2O.BrH/c1-6-9-14(4,5)10-7-8-13-12(15)11(2)3;/h2,6-10H2,1,3-5H3;1H. The molecule has 0 aliphatic carbocycles. The van der Waals surface area contributed by atoms with E-state index >= 15 is 0 Å². The molecule has 0 bridgehead atoms. The van der Waals surface area contributed by atoms with Gasteiger partial charge in [-0.15, -0.1) is 0 Å². The Hall–Kier alpha value is -0.350. The lowest BCUT2D eigenvalue weighted by Crippen LogP contribution is -3.00. The average molecular weight is 293 g/mol. The molecular weight excluding hydrogens is 268 g/mol. The summed E-state index contributed by atoms with van der Waals surface area (Å²) in [4.78, 5) is 11.2. The monoisotopic (exact) mass is 292 g/mol. The van der Waals surface area contributed by atoms with Crippen LogP contribution in [0.5, 0.6) is 0 Å². The molecule has 0 saturated carbocycles. The van der Waals surface area contributed by atoms with E-state index in [4.69, 9.17) is 0 Å². The third-order valence-electron chi connectivity index (χ3n) is 2.44. The van der Waals surface area contributed by atoms with E-state index in [2.05, 4.69) is 32.9 Å². The van der Waals surface area contributed by atoms with E-state index in [-0.39, 0.29) is 22.9 Å². The van der Waals surface area contributed by atoms with Crippen LogP contribution in [0.1, 0.15) is 26.7 Å². The molecule has 0 aromatic heterocycles. The number of carbonyl (C=O) groups is 1. The second-order valence-electron chi connectivity index (χ2n) is 4.77. The van der Waals surface area contributed by atoms with Crippen LogP contribution in [-0.4, -0.2) is 44.1 Å². The Kier molecular flexibility index (Phi) is 9.87. The van der Waals surface area contributed by atoms with Crippen molar-refractivity contribution in [3.63, 3.8) is 0 Å². The van der Waals surface area contributed by atoms with Gasteiger partial charge in [0.05, 0.1) is 27.2 Å². The minimum Gasteiger partial charge on any atom is -1.00 e. The maximum atomic E-state index is 11.2. The first kappa shape index (κ1) is 18.0. The molecule has 1 N–H and O–H groups in total. The SMILES string of the molecule is C=C(C)C(=O)NCCC[N+](C)(C)CCC.[Br-]. The molecule has 0 saturated heterocycles. The molecule has 0 heterocycles. The van der Waals surface area contributed by atoms with Gasteiger partial charge in [0.2, 0.25) is 5.91 Å². The van der Waals surface area contributed by atoms with Gasteiger partial charge in [-0.25, -0.2) is 0 Å². The third-order valence-corrected chi connectivity index (χ3v) is 2.44. The quantitative estimate of drug-likeness (QED) is 0.348. The number of nitrogens with one attached hydrogen (secondary N) is 1. The van der Waals surface area contributed by atoms with Crippen molar-refractivity contribution in [1.29, 1.82) is 0 Å². The van der Waals surface area contributed by atoms with Gasteiger partial charge < -0.3 is 26.8 Å². The number of carbonyl (C=O) groups excluding carboxylic acids is 1. The lowest BCUT2D eigenvalue weighted by atomic mass is 10.3. The summed E-state index contributed by atoms with van der Waals surface area (Å²) in [6.07, 6.45) is 2.22. The van der Waals surface area contributed by atoms with E-state index < -0.39 is 0 Å². The fraction of sp³-hybridized carbons (Fsp3) is 0.750. The second kappa shape index (κ2) is 8.76. The van der Waals surface area contributed by atoms with Crippen LogP contribution < -0.4 is 22.3 Å². The fourth-order valence-corrected chi connectivity index (χ4v) is 1.58. The van der Waals surface area contributed by atoms with Crippen LogP contribution in [0, 0.1) is 0 Å². The minimum absolute atomic E-state index is 0. The van der Waals surface area contributed by atoms with Crippen LogP contribution >= 0.6 is 0 Å². The molecule has 0 aliphatic rings. The molecular formula is C12H25BrN2O. The van der Waals surface area contributed by atoms with Crippen LogP contribution in [0.15, 0.2) is 12.2 Å². The van der Waals surface area contributed by atoms with Crippen LogP contribution in [0.25, 0.3) is 0 Å². The van der Waals surface area contributed by atoms with Crippen LogP contribution in [-0.2, 0) is 4.79 Å². The van der Waals surface area contributed by atoms with Gasteiger partial charge in [-0.3, -0.25) is 4.79 Å². The Morgan fingerprint density at radius 1 is 1.31 bits per heavy atom. The van der Waals surface area contributed by atoms with Crippen molar-refractivity contribution in [2.24, 2.45) is 0 Å². The molecule has 1 amide bonds. The summed E-state index contributed by atoms with van der Waals surface area (Å²) in [5.41, 5.74) is 0.581. The van der Waals surface area contributed by atoms with Crippen molar-refractivity contribution in [2.45, 2.75) is 26.7 Å². The summed E-state index contributed by atoms with van der Waals surface area (Å²) in [6, 6.07) is 0. The van der Waals surface area contributed by atoms with Crippen LogP contribution in [0.4, 0.5) is 0 Å². The Morgan fingerprint density at radius 3 is 2.31 bits per heavy atom. The first-order chi connectivity index (χ1) is 6.89. The molecule has 0 unspecified atom stereocenters. The van der Waals surface area contributed by atoms with Crippen molar-refractivity contribution in [3.05, 3.63) is 12.2 Å².